The second-order valence-electron chi connectivity index (χ2n) is 5.31. The molecule has 2 aromatic rings. The van der Waals surface area contributed by atoms with Gasteiger partial charge in [0.2, 0.25) is 0 Å². The Hall–Kier alpha value is -1.85. The number of rotatable bonds is 6. The van der Waals surface area contributed by atoms with Crippen molar-refractivity contribution in [3.63, 3.8) is 0 Å². The maximum atomic E-state index is 12.4. The summed E-state index contributed by atoms with van der Waals surface area (Å²) in [6.07, 6.45) is 2.37. The van der Waals surface area contributed by atoms with Crippen molar-refractivity contribution in [2.24, 2.45) is 5.92 Å². The predicted molar refractivity (Wildman–Crippen MR) is 86.8 cm³/mol. The zero-order chi connectivity index (χ0) is 16.1. The van der Waals surface area contributed by atoms with Crippen LogP contribution in [0, 0.1) is 5.92 Å². The van der Waals surface area contributed by atoms with Crippen LogP contribution in [0.5, 0.6) is 0 Å². The van der Waals surface area contributed by atoms with E-state index in [0.717, 1.165) is 12.0 Å². The number of aromatic nitrogens is 2. The number of H-pyrrole nitrogens is 1. The molecule has 0 radical (unpaired) electrons. The van der Waals surface area contributed by atoms with Gasteiger partial charge in [0, 0.05) is 10.6 Å². The summed E-state index contributed by atoms with van der Waals surface area (Å²) in [5, 5.41) is 19.7. The zero-order valence-corrected chi connectivity index (χ0v) is 13.4. The zero-order valence-electron chi connectivity index (χ0n) is 12.6. The highest BCUT2D eigenvalue weighted by atomic mass is 35.5. The van der Waals surface area contributed by atoms with Gasteiger partial charge in [-0.05, 0) is 18.1 Å². The molecule has 22 heavy (non-hydrogen) atoms. The van der Waals surface area contributed by atoms with Crippen LogP contribution in [0.3, 0.4) is 0 Å². The standard InChI is InChI=1S/C16H20ClN3O2/c1-3-10(2)14(9-21)19-16(22)13-8-18-20-15(13)11-4-6-12(17)7-5-11/h4-8,10,14,21H,3,9H2,1-2H3,(H,18,20)(H,19,22)/t10-,14+/m1/s1. The molecule has 0 fully saturated rings. The monoisotopic (exact) mass is 321 g/mol. The molecule has 0 aliphatic rings. The minimum atomic E-state index is -0.273. The largest absolute Gasteiger partial charge is 0.394 e. The van der Waals surface area contributed by atoms with Crippen LogP contribution >= 0.6 is 11.6 Å². The number of hydrogen-bond acceptors (Lipinski definition) is 3. The van der Waals surface area contributed by atoms with Gasteiger partial charge in [-0.2, -0.15) is 5.10 Å². The van der Waals surface area contributed by atoms with Crippen LogP contribution in [0.4, 0.5) is 0 Å². The number of nitrogens with one attached hydrogen (secondary N) is 2. The second-order valence-corrected chi connectivity index (χ2v) is 5.75. The molecule has 1 aromatic carbocycles. The van der Waals surface area contributed by atoms with Crippen LogP contribution in [-0.2, 0) is 0 Å². The van der Waals surface area contributed by atoms with Crippen molar-refractivity contribution in [2.45, 2.75) is 26.3 Å². The number of carbonyl (C=O) groups excluding carboxylic acids is 1. The van der Waals surface area contributed by atoms with Gasteiger partial charge in [-0.1, -0.05) is 44.0 Å². The lowest BCUT2D eigenvalue weighted by molar-refractivity contribution is 0.0892. The number of aromatic amines is 1. The van der Waals surface area contributed by atoms with Crippen LogP contribution in [0.25, 0.3) is 11.3 Å². The molecule has 5 nitrogen and oxygen atoms in total. The summed E-state index contributed by atoms with van der Waals surface area (Å²) >= 11 is 5.88. The van der Waals surface area contributed by atoms with Gasteiger partial charge in [-0.15, -0.1) is 0 Å². The number of benzene rings is 1. The Balaban J connectivity index is 2.21. The van der Waals surface area contributed by atoms with E-state index in [1.165, 1.54) is 6.20 Å². The van der Waals surface area contributed by atoms with E-state index >= 15 is 0 Å². The maximum Gasteiger partial charge on any atom is 0.255 e. The first-order valence-corrected chi connectivity index (χ1v) is 7.65. The number of nitrogens with zero attached hydrogens (tertiary/aromatic N) is 1. The molecule has 0 saturated carbocycles. The Morgan fingerprint density at radius 3 is 2.68 bits per heavy atom. The van der Waals surface area contributed by atoms with Gasteiger partial charge >= 0.3 is 0 Å². The second kappa shape index (κ2) is 7.42. The number of halogens is 1. The fourth-order valence-corrected chi connectivity index (χ4v) is 2.32. The van der Waals surface area contributed by atoms with E-state index in [-0.39, 0.29) is 24.5 Å². The molecule has 1 aromatic heterocycles. The Bertz CT molecular complexity index is 625. The van der Waals surface area contributed by atoms with Crippen LogP contribution in [0.15, 0.2) is 30.5 Å². The molecule has 2 rings (SSSR count). The third-order valence-corrected chi connectivity index (χ3v) is 4.11. The summed E-state index contributed by atoms with van der Waals surface area (Å²) in [6, 6.07) is 6.89. The summed E-state index contributed by atoms with van der Waals surface area (Å²) in [6.45, 7) is 3.93. The minimum absolute atomic E-state index is 0.0884. The molecule has 0 bridgehead atoms. The molecule has 1 heterocycles. The Morgan fingerprint density at radius 1 is 1.41 bits per heavy atom. The molecular weight excluding hydrogens is 302 g/mol. The molecule has 2 atom stereocenters. The molecule has 1 amide bonds. The average Bonchev–Trinajstić information content (AvgIpc) is 3.02. The minimum Gasteiger partial charge on any atom is -0.394 e. The van der Waals surface area contributed by atoms with E-state index < -0.39 is 0 Å². The third-order valence-electron chi connectivity index (χ3n) is 3.86. The molecule has 0 aliphatic carbocycles. The highest BCUT2D eigenvalue weighted by Gasteiger charge is 2.21. The van der Waals surface area contributed by atoms with Gasteiger partial charge in [0.05, 0.1) is 30.1 Å². The SMILES string of the molecule is CC[C@@H](C)[C@H](CO)NC(=O)c1cn[nH]c1-c1ccc(Cl)cc1. The van der Waals surface area contributed by atoms with Crippen LogP contribution < -0.4 is 5.32 Å². The summed E-state index contributed by atoms with van der Waals surface area (Å²) in [5.41, 5.74) is 1.91. The van der Waals surface area contributed by atoms with Crippen molar-refractivity contribution in [3.8, 4) is 11.3 Å². The van der Waals surface area contributed by atoms with Crippen molar-refractivity contribution in [3.05, 3.63) is 41.0 Å². The Morgan fingerprint density at radius 2 is 2.09 bits per heavy atom. The van der Waals surface area contributed by atoms with Crippen molar-refractivity contribution >= 4 is 17.5 Å². The Kier molecular flexibility index (Phi) is 5.57. The predicted octanol–water partition coefficient (Wildman–Crippen LogP) is 2.87. The van der Waals surface area contributed by atoms with Gasteiger partial charge in [0.15, 0.2) is 0 Å². The van der Waals surface area contributed by atoms with E-state index in [4.69, 9.17) is 11.6 Å². The molecular formula is C16H20ClN3O2. The smallest absolute Gasteiger partial charge is 0.255 e. The van der Waals surface area contributed by atoms with E-state index in [1.807, 2.05) is 26.0 Å². The first-order valence-electron chi connectivity index (χ1n) is 7.27. The van der Waals surface area contributed by atoms with Crippen LogP contribution in [0.1, 0.15) is 30.6 Å². The Labute approximate surface area is 134 Å². The van der Waals surface area contributed by atoms with Crippen molar-refractivity contribution in [2.75, 3.05) is 6.61 Å². The lowest BCUT2D eigenvalue weighted by atomic mass is 9.99. The van der Waals surface area contributed by atoms with Crippen LogP contribution in [0.2, 0.25) is 5.02 Å². The summed E-state index contributed by atoms with van der Waals surface area (Å²) in [5.74, 6) is -0.0575. The van der Waals surface area contributed by atoms with Crippen LogP contribution in [-0.4, -0.2) is 33.9 Å². The number of hydrogen-bond donors (Lipinski definition) is 3. The van der Waals surface area contributed by atoms with Crippen molar-refractivity contribution < 1.29 is 9.90 Å². The summed E-state index contributed by atoms with van der Waals surface area (Å²) in [4.78, 5) is 12.4. The van der Waals surface area contributed by atoms with Gasteiger partial charge in [-0.3, -0.25) is 9.89 Å². The van der Waals surface area contributed by atoms with Crippen molar-refractivity contribution in [1.82, 2.24) is 15.5 Å². The topological polar surface area (TPSA) is 78.0 Å². The molecule has 0 unspecified atom stereocenters. The lowest BCUT2D eigenvalue weighted by Crippen LogP contribution is -2.41. The number of aliphatic hydroxyl groups excluding tert-OH is 1. The number of aliphatic hydroxyl groups is 1. The van der Waals surface area contributed by atoms with Gasteiger partial charge in [-0.25, -0.2) is 0 Å². The highest BCUT2D eigenvalue weighted by molar-refractivity contribution is 6.30. The fraction of sp³-hybridized carbons (Fsp3) is 0.375. The number of amides is 1. The average molecular weight is 322 g/mol. The highest BCUT2D eigenvalue weighted by Crippen LogP contribution is 2.23. The maximum absolute atomic E-state index is 12.4. The molecule has 0 aliphatic heterocycles. The molecule has 118 valence electrons. The molecule has 0 saturated heterocycles. The van der Waals surface area contributed by atoms with E-state index in [1.54, 1.807) is 12.1 Å². The van der Waals surface area contributed by atoms with Gasteiger partial charge in [0.25, 0.3) is 5.91 Å². The quantitative estimate of drug-likeness (QED) is 0.765. The van der Waals surface area contributed by atoms with E-state index in [2.05, 4.69) is 15.5 Å². The van der Waals surface area contributed by atoms with E-state index in [9.17, 15) is 9.90 Å². The third kappa shape index (κ3) is 3.67. The first kappa shape index (κ1) is 16.5. The normalized spacial score (nSPS) is 13.6. The summed E-state index contributed by atoms with van der Waals surface area (Å²) < 4.78 is 0. The molecule has 6 heteroatoms. The lowest BCUT2D eigenvalue weighted by Gasteiger charge is -2.22. The molecule has 0 spiro atoms. The fourth-order valence-electron chi connectivity index (χ4n) is 2.19. The van der Waals surface area contributed by atoms with Crippen molar-refractivity contribution in [1.29, 1.82) is 0 Å². The van der Waals surface area contributed by atoms with Gasteiger partial charge in [0.1, 0.15) is 0 Å². The summed E-state index contributed by atoms with van der Waals surface area (Å²) in [7, 11) is 0. The van der Waals surface area contributed by atoms with Gasteiger partial charge < -0.3 is 10.4 Å². The number of carbonyl (C=O) groups is 1. The first-order chi connectivity index (χ1) is 10.6. The molecule has 3 N–H and O–H groups in total. The van der Waals surface area contributed by atoms with E-state index in [0.29, 0.717) is 16.3 Å².